The van der Waals surface area contributed by atoms with Gasteiger partial charge in [0.2, 0.25) is 0 Å². The summed E-state index contributed by atoms with van der Waals surface area (Å²) in [6, 6.07) is 23.1. The van der Waals surface area contributed by atoms with Gasteiger partial charge in [0, 0.05) is 6.54 Å². The van der Waals surface area contributed by atoms with Crippen LogP contribution in [0.15, 0.2) is 71.2 Å². The van der Waals surface area contributed by atoms with Crippen LogP contribution in [0, 0.1) is 6.92 Å². The Morgan fingerprint density at radius 1 is 0.867 bits per heavy atom. The predicted molar refractivity (Wildman–Crippen MR) is 130 cm³/mol. The van der Waals surface area contributed by atoms with Crippen molar-refractivity contribution < 1.29 is 9.47 Å². The number of hydrogen-bond donors (Lipinski definition) is 1. The van der Waals surface area contributed by atoms with Crippen molar-refractivity contribution in [3.8, 4) is 11.5 Å². The Bertz CT molecular complexity index is 901. The molecule has 160 valence electrons. The van der Waals surface area contributed by atoms with Gasteiger partial charge >= 0.3 is 0 Å². The Labute approximate surface area is 194 Å². The molecule has 0 saturated heterocycles. The van der Waals surface area contributed by atoms with Crippen LogP contribution in [0.5, 0.6) is 11.5 Å². The molecule has 3 rings (SSSR count). The van der Waals surface area contributed by atoms with Gasteiger partial charge in [0.1, 0.15) is 6.61 Å². The standard InChI is InChI=1S/C25H28BrNO2.ClH/c1-3-28-24-16-22(17-27-14-13-20-7-5-4-6-8-20)15-23(26)25(24)29-18-21-11-9-19(2)10-12-21;/h4-12,15-16,27H,3,13-14,17-18H2,1-2H3;1H. The molecule has 0 aliphatic rings. The van der Waals surface area contributed by atoms with Gasteiger partial charge in [-0.05, 0) is 71.6 Å². The highest BCUT2D eigenvalue weighted by atomic mass is 79.9. The second-order valence-corrected chi connectivity index (χ2v) is 7.88. The van der Waals surface area contributed by atoms with Crippen LogP contribution in [0.3, 0.4) is 0 Å². The molecule has 0 bridgehead atoms. The summed E-state index contributed by atoms with van der Waals surface area (Å²) in [5, 5.41) is 3.51. The summed E-state index contributed by atoms with van der Waals surface area (Å²) in [5.41, 5.74) is 4.89. The van der Waals surface area contributed by atoms with Gasteiger partial charge in [-0.2, -0.15) is 0 Å². The Hall–Kier alpha value is -2.01. The second kappa shape index (κ2) is 12.6. The first-order valence-electron chi connectivity index (χ1n) is 10.0. The van der Waals surface area contributed by atoms with Crippen molar-refractivity contribution >= 4 is 28.3 Å². The summed E-state index contributed by atoms with van der Waals surface area (Å²) in [5.74, 6) is 1.52. The van der Waals surface area contributed by atoms with Crippen molar-refractivity contribution in [1.29, 1.82) is 0 Å². The smallest absolute Gasteiger partial charge is 0.175 e. The van der Waals surface area contributed by atoms with E-state index in [4.69, 9.17) is 9.47 Å². The van der Waals surface area contributed by atoms with Gasteiger partial charge in [0.05, 0.1) is 11.1 Å². The molecule has 0 fully saturated rings. The maximum absolute atomic E-state index is 6.09. The van der Waals surface area contributed by atoms with Crippen molar-refractivity contribution in [3.63, 3.8) is 0 Å². The van der Waals surface area contributed by atoms with E-state index in [1.807, 2.05) is 13.0 Å². The summed E-state index contributed by atoms with van der Waals surface area (Å²) in [6.45, 7) is 6.89. The van der Waals surface area contributed by atoms with E-state index >= 15 is 0 Å². The molecule has 0 amide bonds. The fraction of sp³-hybridized carbons (Fsp3) is 0.280. The van der Waals surface area contributed by atoms with Crippen LogP contribution in [0.2, 0.25) is 0 Å². The highest BCUT2D eigenvalue weighted by Gasteiger charge is 2.12. The fourth-order valence-electron chi connectivity index (χ4n) is 3.08. The minimum Gasteiger partial charge on any atom is -0.490 e. The Kier molecular flexibility index (Phi) is 10.2. The first kappa shape index (κ1) is 24.3. The van der Waals surface area contributed by atoms with Crippen molar-refractivity contribution in [2.24, 2.45) is 0 Å². The van der Waals surface area contributed by atoms with Gasteiger partial charge in [-0.1, -0.05) is 60.2 Å². The molecule has 3 aromatic rings. The van der Waals surface area contributed by atoms with Gasteiger partial charge in [-0.3, -0.25) is 0 Å². The minimum atomic E-state index is 0. The zero-order chi connectivity index (χ0) is 20.5. The average Bonchev–Trinajstić information content (AvgIpc) is 2.73. The van der Waals surface area contributed by atoms with E-state index in [2.05, 4.69) is 88.8 Å². The molecule has 5 heteroatoms. The zero-order valence-corrected chi connectivity index (χ0v) is 19.9. The molecule has 0 aliphatic heterocycles. The Morgan fingerprint density at radius 3 is 2.30 bits per heavy atom. The lowest BCUT2D eigenvalue weighted by atomic mass is 10.1. The first-order valence-corrected chi connectivity index (χ1v) is 10.8. The number of benzene rings is 3. The number of nitrogens with one attached hydrogen (secondary N) is 1. The van der Waals surface area contributed by atoms with Crippen molar-refractivity contribution in [2.75, 3.05) is 13.2 Å². The van der Waals surface area contributed by atoms with Crippen molar-refractivity contribution in [1.82, 2.24) is 5.32 Å². The predicted octanol–water partition coefficient (Wildman–Crippen LogP) is 6.49. The summed E-state index contributed by atoms with van der Waals surface area (Å²) in [4.78, 5) is 0. The van der Waals surface area contributed by atoms with E-state index in [-0.39, 0.29) is 12.4 Å². The average molecular weight is 491 g/mol. The van der Waals surface area contributed by atoms with Crippen molar-refractivity contribution in [3.05, 3.63) is 93.5 Å². The Balaban J connectivity index is 0.00000320. The number of hydrogen-bond acceptors (Lipinski definition) is 3. The molecule has 0 saturated carbocycles. The zero-order valence-electron chi connectivity index (χ0n) is 17.5. The second-order valence-electron chi connectivity index (χ2n) is 7.02. The highest BCUT2D eigenvalue weighted by molar-refractivity contribution is 9.10. The van der Waals surface area contributed by atoms with Crippen LogP contribution in [-0.2, 0) is 19.6 Å². The minimum absolute atomic E-state index is 0. The monoisotopic (exact) mass is 489 g/mol. The van der Waals surface area contributed by atoms with E-state index in [0.717, 1.165) is 46.6 Å². The van der Waals surface area contributed by atoms with E-state index in [1.54, 1.807) is 0 Å². The van der Waals surface area contributed by atoms with Gasteiger partial charge < -0.3 is 14.8 Å². The lowest BCUT2D eigenvalue weighted by molar-refractivity contribution is 0.267. The van der Waals surface area contributed by atoms with Crippen LogP contribution in [0.4, 0.5) is 0 Å². The fourth-order valence-corrected chi connectivity index (χ4v) is 3.68. The molecular formula is C25H29BrClNO2. The largest absolute Gasteiger partial charge is 0.490 e. The molecule has 0 atom stereocenters. The topological polar surface area (TPSA) is 30.5 Å². The SMILES string of the molecule is CCOc1cc(CNCCc2ccccc2)cc(Br)c1OCc1ccc(C)cc1.Cl. The lowest BCUT2D eigenvalue weighted by Crippen LogP contribution is -2.16. The summed E-state index contributed by atoms with van der Waals surface area (Å²) < 4.78 is 12.9. The van der Waals surface area contributed by atoms with Gasteiger partial charge in [-0.15, -0.1) is 12.4 Å². The van der Waals surface area contributed by atoms with Crippen LogP contribution in [0.1, 0.15) is 29.2 Å². The third kappa shape index (κ3) is 7.35. The number of aryl methyl sites for hydroxylation is 1. The van der Waals surface area contributed by atoms with Gasteiger partial charge in [-0.25, -0.2) is 0 Å². The van der Waals surface area contributed by atoms with E-state index < -0.39 is 0 Å². The highest BCUT2D eigenvalue weighted by Crippen LogP contribution is 2.37. The maximum atomic E-state index is 6.09. The molecule has 1 N–H and O–H groups in total. The van der Waals surface area contributed by atoms with E-state index in [1.165, 1.54) is 11.1 Å². The van der Waals surface area contributed by atoms with Crippen LogP contribution < -0.4 is 14.8 Å². The van der Waals surface area contributed by atoms with Crippen LogP contribution in [-0.4, -0.2) is 13.2 Å². The quantitative estimate of drug-likeness (QED) is 0.330. The van der Waals surface area contributed by atoms with Crippen molar-refractivity contribution in [2.45, 2.75) is 33.4 Å². The molecule has 0 heterocycles. The summed E-state index contributed by atoms with van der Waals surface area (Å²) >= 11 is 3.67. The van der Waals surface area contributed by atoms with E-state index in [0.29, 0.717) is 13.2 Å². The molecule has 30 heavy (non-hydrogen) atoms. The van der Waals surface area contributed by atoms with Gasteiger partial charge in [0.15, 0.2) is 11.5 Å². The molecule has 0 aromatic heterocycles. The number of ether oxygens (including phenoxy) is 2. The molecule has 0 unspecified atom stereocenters. The number of rotatable bonds is 10. The number of halogens is 2. The lowest BCUT2D eigenvalue weighted by Gasteiger charge is -2.16. The summed E-state index contributed by atoms with van der Waals surface area (Å²) in [6.07, 6.45) is 1.01. The van der Waals surface area contributed by atoms with Crippen LogP contribution >= 0.6 is 28.3 Å². The van der Waals surface area contributed by atoms with E-state index in [9.17, 15) is 0 Å². The molecule has 0 aliphatic carbocycles. The molecule has 0 radical (unpaired) electrons. The normalized spacial score (nSPS) is 10.4. The molecule has 0 spiro atoms. The Morgan fingerprint density at radius 2 is 1.60 bits per heavy atom. The molecule has 3 nitrogen and oxygen atoms in total. The third-order valence-corrected chi connectivity index (χ3v) is 5.22. The third-order valence-electron chi connectivity index (χ3n) is 4.64. The van der Waals surface area contributed by atoms with Gasteiger partial charge in [0.25, 0.3) is 0 Å². The molecular weight excluding hydrogens is 462 g/mol. The summed E-state index contributed by atoms with van der Waals surface area (Å²) in [7, 11) is 0. The first-order chi connectivity index (χ1) is 14.2. The van der Waals surface area contributed by atoms with Crippen LogP contribution in [0.25, 0.3) is 0 Å². The molecule has 3 aromatic carbocycles. The maximum Gasteiger partial charge on any atom is 0.175 e.